The maximum absolute atomic E-state index is 11.9. The summed E-state index contributed by atoms with van der Waals surface area (Å²) in [6, 6.07) is 0. The molecule has 2 amide bonds. The maximum Gasteiger partial charge on any atom is 0.343 e. The van der Waals surface area contributed by atoms with Crippen molar-refractivity contribution in [3.05, 3.63) is 11.8 Å². The van der Waals surface area contributed by atoms with Gasteiger partial charge in [-0.15, -0.1) is 0 Å². The summed E-state index contributed by atoms with van der Waals surface area (Å²) >= 11 is 0. The Morgan fingerprint density at radius 2 is 2.30 bits per heavy atom. The number of nitrogens with one attached hydrogen (secondary N) is 2. The number of ether oxygens (including phenoxy) is 1. The minimum Gasteiger partial charge on any atom is -0.462 e. The van der Waals surface area contributed by atoms with E-state index in [2.05, 4.69) is 20.9 Å². The topological polar surface area (TPSA) is 115 Å². The molecule has 1 aliphatic heterocycles. The number of nitrogens with zero attached hydrogens (tertiary/aromatic N) is 3. The predicted octanol–water partition coefficient (Wildman–Crippen LogP) is -0.589. The van der Waals surface area contributed by atoms with Crippen molar-refractivity contribution < 1.29 is 19.1 Å². The first kappa shape index (κ1) is 13.7. The Morgan fingerprint density at radius 1 is 1.55 bits per heavy atom. The fourth-order valence-corrected chi connectivity index (χ4v) is 1.62. The van der Waals surface area contributed by atoms with E-state index < -0.39 is 11.9 Å². The number of aryl methyl sites for hydroxylation is 1. The Hall–Kier alpha value is -2.71. The molecule has 0 saturated heterocycles. The molecule has 1 aliphatic rings. The van der Waals surface area contributed by atoms with Gasteiger partial charge in [-0.2, -0.15) is 10.2 Å². The number of carbonyl (C=O) groups is 3. The minimum atomic E-state index is -0.585. The number of amides is 2. The van der Waals surface area contributed by atoms with E-state index in [0.717, 1.165) is 0 Å². The van der Waals surface area contributed by atoms with Crippen LogP contribution in [0.2, 0.25) is 0 Å². The van der Waals surface area contributed by atoms with Gasteiger partial charge in [0.2, 0.25) is 5.91 Å². The first-order valence-electron chi connectivity index (χ1n) is 5.88. The molecule has 0 atom stereocenters. The smallest absolute Gasteiger partial charge is 0.343 e. The van der Waals surface area contributed by atoms with Crippen LogP contribution in [0.1, 0.15) is 23.7 Å². The highest BCUT2D eigenvalue weighted by Gasteiger charge is 2.25. The molecule has 2 heterocycles. The number of rotatable bonds is 4. The summed E-state index contributed by atoms with van der Waals surface area (Å²) in [7, 11) is 1.57. The zero-order valence-electron chi connectivity index (χ0n) is 11.0. The van der Waals surface area contributed by atoms with E-state index >= 15 is 0 Å². The lowest BCUT2D eigenvalue weighted by Crippen LogP contribution is -2.24. The van der Waals surface area contributed by atoms with Gasteiger partial charge in [0, 0.05) is 7.05 Å². The van der Waals surface area contributed by atoms with Crippen LogP contribution in [-0.2, 0) is 21.4 Å². The average Bonchev–Trinajstić information content (AvgIpc) is 2.98. The van der Waals surface area contributed by atoms with E-state index in [4.69, 9.17) is 4.74 Å². The second-order valence-corrected chi connectivity index (χ2v) is 3.98. The SMILES string of the molecule is CCOC(=O)c1cnn(C)c1NC(=O)C1=NNC(=O)C1. The largest absolute Gasteiger partial charge is 0.462 e. The molecule has 1 aromatic rings. The van der Waals surface area contributed by atoms with Crippen molar-refractivity contribution in [1.82, 2.24) is 15.2 Å². The minimum absolute atomic E-state index is 0.0472. The number of hydrazone groups is 1. The zero-order chi connectivity index (χ0) is 14.7. The molecular weight excluding hydrogens is 266 g/mol. The van der Waals surface area contributed by atoms with Crippen LogP contribution in [-0.4, -0.2) is 39.9 Å². The average molecular weight is 279 g/mol. The van der Waals surface area contributed by atoms with E-state index in [-0.39, 0.29) is 36.0 Å². The van der Waals surface area contributed by atoms with Gasteiger partial charge in [-0.05, 0) is 6.92 Å². The molecule has 0 unspecified atom stereocenters. The van der Waals surface area contributed by atoms with E-state index in [1.165, 1.54) is 10.9 Å². The Labute approximate surface area is 114 Å². The molecule has 9 nitrogen and oxygen atoms in total. The van der Waals surface area contributed by atoms with Gasteiger partial charge < -0.3 is 10.1 Å². The standard InChI is InChI=1S/C11H13N5O4/c1-3-20-11(19)6-5-12-16(2)9(6)13-10(18)7-4-8(17)15-14-7/h5H,3-4H2,1-2H3,(H,13,18)(H,15,17). The lowest BCUT2D eigenvalue weighted by molar-refractivity contribution is -0.119. The van der Waals surface area contributed by atoms with Gasteiger partial charge in [0.25, 0.3) is 5.91 Å². The molecular formula is C11H13N5O4. The Bertz CT molecular complexity index is 604. The summed E-state index contributed by atoms with van der Waals surface area (Å²) in [5.74, 6) is -1.32. The number of anilines is 1. The molecule has 2 N–H and O–H groups in total. The number of esters is 1. The molecule has 0 radical (unpaired) electrons. The van der Waals surface area contributed by atoms with Crippen LogP contribution in [0, 0.1) is 0 Å². The normalized spacial score (nSPS) is 13.7. The van der Waals surface area contributed by atoms with E-state index in [0.29, 0.717) is 0 Å². The fourth-order valence-electron chi connectivity index (χ4n) is 1.62. The summed E-state index contributed by atoms with van der Waals surface area (Å²) in [4.78, 5) is 34.6. The van der Waals surface area contributed by atoms with Crippen molar-refractivity contribution in [2.75, 3.05) is 11.9 Å². The monoisotopic (exact) mass is 279 g/mol. The van der Waals surface area contributed by atoms with Crippen molar-refractivity contribution in [2.45, 2.75) is 13.3 Å². The van der Waals surface area contributed by atoms with Gasteiger partial charge in [-0.25, -0.2) is 10.2 Å². The molecule has 106 valence electrons. The Morgan fingerprint density at radius 3 is 2.90 bits per heavy atom. The third-order valence-electron chi connectivity index (χ3n) is 2.57. The van der Waals surface area contributed by atoms with Gasteiger partial charge in [-0.1, -0.05) is 0 Å². The predicted molar refractivity (Wildman–Crippen MR) is 68.0 cm³/mol. The highest BCUT2D eigenvalue weighted by molar-refractivity contribution is 6.46. The molecule has 0 aromatic carbocycles. The molecule has 0 fully saturated rings. The molecule has 0 saturated carbocycles. The Balaban J connectivity index is 2.17. The van der Waals surface area contributed by atoms with Gasteiger partial charge in [0.05, 0.1) is 19.2 Å². The van der Waals surface area contributed by atoms with Crippen LogP contribution in [0.4, 0.5) is 5.82 Å². The number of hydrogen-bond acceptors (Lipinski definition) is 6. The quantitative estimate of drug-likeness (QED) is 0.715. The van der Waals surface area contributed by atoms with Gasteiger partial charge in [-0.3, -0.25) is 14.3 Å². The summed E-state index contributed by atoms with van der Waals surface area (Å²) in [6.45, 7) is 1.89. The van der Waals surface area contributed by atoms with Crippen molar-refractivity contribution in [2.24, 2.45) is 12.1 Å². The van der Waals surface area contributed by atoms with Crippen LogP contribution < -0.4 is 10.7 Å². The first-order chi connectivity index (χ1) is 9.52. The number of aromatic nitrogens is 2. The lowest BCUT2D eigenvalue weighted by Gasteiger charge is -2.07. The summed E-state index contributed by atoms with van der Waals surface area (Å²) in [5.41, 5.74) is 2.36. The Kier molecular flexibility index (Phi) is 3.78. The van der Waals surface area contributed by atoms with Crippen LogP contribution in [0.3, 0.4) is 0 Å². The molecule has 20 heavy (non-hydrogen) atoms. The summed E-state index contributed by atoms with van der Waals surface area (Å²) < 4.78 is 6.19. The van der Waals surface area contributed by atoms with Gasteiger partial charge in [0.15, 0.2) is 0 Å². The van der Waals surface area contributed by atoms with Crippen molar-refractivity contribution in [1.29, 1.82) is 0 Å². The van der Waals surface area contributed by atoms with Gasteiger partial charge >= 0.3 is 5.97 Å². The van der Waals surface area contributed by atoms with E-state index in [1.54, 1.807) is 14.0 Å². The molecule has 0 bridgehead atoms. The van der Waals surface area contributed by atoms with Crippen LogP contribution in [0.5, 0.6) is 0 Å². The van der Waals surface area contributed by atoms with Crippen molar-refractivity contribution in [3.8, 4) is 0 Å². The number of carbonyl (C=O) groups excluding carboxylic acids is 3. The number of hydrogen-bond donors (Lipinski definition) is 2. The zero-order valence-corrected chi connectivity index (χ0v) is 11.0. The third kappa shape index (κ3) is 2.66. The van der Waals surface area contributed by atoms with Crippen LogP contribution in [0.25, 0.3) is 0 Å². The second-order valence-electron chi connectivity index (χ2n) is 3.98. The summed E-state index contributed by atoms with van der Waals surface area (Å²) in [5, 5.41) is 9.99. The van der Waals surface area contributed by atoms with E-state index in [9.17, 15) is 14.4 Å². The third-order valence-corrected chi connectivity index (χ3v) is 2.57. The van der Waals surface area contributed by atoms with Crippen LogP contribution in [0.15, 0.2) is 11.3 Å². The van der Waals surface area contributed by atoms with Crippen molar-refractivity contribution >= 4 is 29.3 Å². The highest BCUT2D eigenvalue weighted by Crippen LogP contribution is 2.16. The molecule has 2 rings (SSSR count). The van der Waals surface area contributed by atoms with Gasteiger partial charge in [0.1, 0.15) is 17.1 Å². The van der Waals surface area contributed by atoms with Crippen LogP contribution >= 0.6 is 0 Å². The molecule has 1 aromatic heterocycles. The maximum atomic E-state index is 11.9. The second kappa shape index (κ2) is 5.51. The van der Waals surface area contributed by atoms with Crippen molar-refractivity contribution in [3.63, 3.8) is 0 Å². The molecule has 9 heteroatoms. The molecule has 0 spiro atoms. The lowest BCUT2D eigenvalue weighted by atomic mass is 10.2. The summed E-state index contributed by atoms with van der Waals surface area (Å²) in [6.07, 6.45) is 1.20. The van der Waals surface area contributed by atoms with E-state index in [1.807, 2.05) is 0 Å². The first-order valence-corrected chi connectivity index (χ1v) is 5.88. The fraction of sp³-hybridized carbons (Fsp3) is 0.364. The molecule has 0 aliphatic carbocycles. The highest BCUT2D eigenvalue weighted by atomic mass is 16.5.